The molecular formula is C17H18FN3O3. The van der Waals surface area contributed by atoms with Gasteiger partial charge in [-0.15, -0.1) is 0 Å². The number of aromatic amines is 1. The number of rotatable bonds is 4. The van der Waals surface area contributed by atoms with Crippen molar-refractivity contribution in [2.24, 2.45) is 5.92 Å². The van der Waals surface area contributed by atoms with Gasteiger partial charge in [-0.25, -0.2) is 9.37 Å². The second kappa shape index (κ2) is 6.43. The number of hydrogen-bond donors (Lipinski definition) is 2. The molecule has 1 fully saturated rings. The Bertz CT molecular complexity index is 764. The number of H-pyrrole nitrogens is 1. The predicted molar refractivity (Wildman–Crippen MR) is 84.7 cm³/mol. The third-order valence-electron chi connectivity index (χ3n) is 4.23. The minimum Gasteiger partial charge on any atom is -0.469 e. The Labute approximate surface area is 138 Å². The number of nitrogens with zero attached hydrogens (tertiary/aromatic N) is 1. The molecule has 0 atom stereocenters. The molecule has 1 saturated carbocycles. The van der Waals surface area contributed by atoms with Gasteiger partial charge in [0.2, 0.25) is 0 Å². The van der Waals surface area contributed by atoms with Gasteiger partial charge in [0.25, 0.3) is 5.91 Å². The number of hydrogen-bond acceptors (Lipinski definition) is 4. The lowest BCUT2D eigenvalue weighted by Gasteiger charge is -2.33. The summed E-state index contributed by atoms with van der Waals surface area (Å²) in [6, 6.07) is 5.83. The fourth-order valence-electron chi connectivity index (χ4n) is 2.77. The largest absolute Gasteiger partial charge is 0.469 e. The lowest BCUT2D eigenvalue weighted by molar-refractivity contribution is -0.149. The summed E-state index contributed by atoms with van der Waals surface area (Å²) in [6.07, 6.45) is 1.15. The van der Waals surface area contributed by atoms with Crippen LogP contribution in [-0.4, -0.2) is 35.0 Å². The zero-order valence-electron chi connectivity index (χ0n) is 13.4. The summed E-state index contributed by atoms with van der Waals surface area (Å²) in [4.78, 5) is 31.0. The van der Waals surface area contributed by atoms with Gasteiger partial charge in [0.05, 0.1) is 13.0 Å². The normalized spacial score (nSPS) is 19.5. The first-order valence-corrected chi connectivity index (χ1v) is 7.69. The molecule has 24 heavy (non-hydrogen) atoms. The van der Waals surface area contributed by atoms with Crippen LogP contribution in [0.5, 0.6) is 0 Å². The Kier molecular flexibility index (Phi) is 4.33. The second-order valence-corrected chi connectivity index (χ2v) is 5.93. The standard InChI is InChI=1S/C17H18FN3O3/c1-9-14(16(22)20-13-7-11(8-13)17(23)24-2)21-15(19-9)10-3-5-12(18)6-4-10/h3-6,11,13H,7-8H2,1-2H3,(H,19,21)(H,20,22). The van der Waals surface area contributed by atoms with Crippen molar-refractivity contribution in [2.45, 2.75) is 25.8 Å². The maximum absolute atomic E-state index is 13.0. The van der Waals surface area contributed by atoms with Gasteiger partial charge in [-0.1, -0.05) is 0 Å². The summed E-state index contributed by atoms with van der Waals surface area (Å²) in [5, 5.41) is 2.87. The Morgan fingerprint density at radius 2 is 1.96 bits per heavy atom. The van der Waals surface area contributed by atoms with E-state index in [0.717, 1.165) is 0 Å². The van der Waals surface area contributed by atoms with E-state index in [1.54, 1.807) is 19.1 Å². The Morgan fingerprint density at radius 3 is 2.58 bits per heavy atom. The number of amides is 1. The van der Waals surface area contributed by atoms with Crippen LogP contribution in [0, 0.1) is 18.7 Å². The molecule has 2 N–H and O–H groups in total. The predicted octanol–water partition coefficient (Wildman–Crippen LogP) is 2.21. The molecule has 7 heteroatoms. The molecule has 1 aliphatic rings. The number of methoxy groups -OCH3 is 1. The number of aromatic nitrogens is 2. The molecule has 126 valence electrons. The van der Waals surface area contributed by atoms with Gasteiger partial charge < -0.3 is 15.0 Å². The molecule has 2 aromatic rings. The SMILES string of the molecule is COC(=O)C1CC(NC(=O)c2nc(-c3ccc(F)cc3)[nH]c2C)C1. The van der Waals surface area contributed by atoms with Crippen molar-refractivity contribution in [2.75, 3.05) is 7.11 Å². The van der Waals surface area contributed by atoms with Gasteiger partial charge in [0.1, 0.15) is 17.3 Å². The van der Waals surface area contributed by atoms with Crippen LogP contribution >= 0.6 is 0 Å². The fourth-order valence-corrected chi connectivity index (χ4v) is 2.77. The molecule has 1 amide bonds. The average Bonchev–Trinajstić information content (AvgIpc) is 2.92. The van der Waals surface area contributed by atoms with Crippen molar-refractivity contribution in [3.05, 3.63) is 41.5 Å². The van der Waals surface area contributed by atoms with E-state index < -0.39 is 0 Å². The smallest absolute Gasteiger partial charge is 0.308 e. The summed E-state index contributed by atoms with van der Waals surface area (Å²) >= 11 is 0. The lowest BCUT2D eigenvalue weighted by atomic mass is 9.80. The maximum Gasteiger partial charge on any atom is 0.308 e. The first-order valence-electron chi connectivity index (χ1n) is 7.69. The number of benzene rings is 1. The molecule has 1 aliphatic carbocycles. The lowest BCUT2D eigenvalue weighted by Crippen LogP contribution is -2.47. The zero-order valence-corrected chi connectivity index (χ0v) is 13.4. The maximum atomic E-state index is 13.0. The molecule has 1 aromatic carbocycles. The van der Waals surface area contributed by atoms with Gasteiger partial charge >= 0.3 is 5.97 Å². The number of carbonyl (C=O) groups excluding carboxylic acids is 2. The van der Waals surface area contributed by atoms with Gasteiger partial charge in [0.15, 0.2) is 0 Å². The molecule has 0 spiro atoms. The molecular weight excluding hydrogens is 313 g/mol. The van der Waals surface area contributed by atoms with Crippen LogP contribution in [-0.2, 0) is 9.53 Å². The van der Waals surface area contributed by atoms with E-state index in [0.29, 0.717) is 35.6 Å². The van der Waals surface area contributed by atoms with Crippen LogP contribution in [0.1, 0.15) is 29.0 Å². The van der Waals surface area contributed by atoms with Crippen LogP contribution < -0.4 is 5.32 Å². The highest BCUT2D eigenvalue weighted by Gasteiger charge is 2.36. The molecule has 1 heterocycles. The number of esters is 1. The van der Waals surface area contributed by atoms with Crippen molar-refractivity contribution in [1.82, 2.24) is 15.3 Å². The van der Waals surface area contributed by atoms with Crippen LogP contribution in [0.2, 0.25) is 0 Å². The summed E-state index contributed by atoms with van der Waals surface area (Å²) in [6.45, 7) is 1.76. The number of nitrogens with one attached hydrogen (secondary N) is 2. The van der Waals surface area contributed by atoms with Crippen molar-refractivity contribution < 1.29 is 18.7 Å². The molecule has 0 bridgehead atoms. The fraction of sp³-hybridized carbons (Fsp3) is 0.353. The number of carbonyl (C=O) groups is 2. The van der Waals surface area contributed by atoms with E-state index in [-0.39, 0.29) is 29.7 Å². The van der Waals surface area contributed by atoms with Gasteiger partial charge in [-0.2, -0.15) is 0 Å². The van der Waals surface area contributed by atoms with Crippen molar-refractivity contribution in [3.63, 3.8) is 0 Å². The first kappa shape index (κ1) is 16.2. The topological polar surface area (TPSA) is 84.1 Å². The van der Waals surface area contributed by atoms with E-state index in [2.05, 4.69) is 20.0 Å². The highest BCUT2D eigenvalue weighted by molar-refractivity contribution is 5.94. The van der Waals surface area contributed by atoms with Crippen LogP contribution in [0.25, 0.3) is 11.4 Å². The number of ether oxygens (including phenoxy) is 1. The molecule has 1 aromatic heterocycles. The van der Waals surface area contributed by atoms with Crippen molar-refractivity contribution >= 4 is 11.9 Å². The van der Waals surface area contributed by atoms with Crippen LogP contribution in [0.15, 0.2) is 24.3 Å². The van der Waals surface area contributed by atoms with Gasteiger partial charge in [-0.3, -0.25) is 9.59 Å². The van der Waals surface area contributed by atoms with Crippen molar-refractivity contribution in [3.8, 4) is 11.4 Å². The third kappa shape index (κ3) is 3.15. The van der Waals surface area contributed by atoms with Gasteiger partial charge in [0, 0.05) is 17.3 Å². The Morgan fingerprint density at radius 1 is 1.29 bits per heavy atom. The van der Waals surface area contributed by atoms with E-state index in [1.807, 2.05) is 0 Å². The number of aryl methyl sites for hydroxylation is 1. The highest BCUT2D eigenvalue weighted by atomic mass is 19.1. The van der Waals surface area contributed by atoms with Crippen molar-refractivity contribution in [1.29, 1.82) is 0 Å². The van der Waals surface area contributed by atoms with Crippen LogP contribution in [0.3, 0.4) is 0 Å². The summed E-state index contributed by atoms with van der Waals surface area (Å²) in [5.74, 6) is -0.486. The highest BCUT2D eigenvalue weighted by Crippen LogP contribution is 2.28. The van der Waals surface area contributed by atoms with Crippen LogP contribution in [0.4, 0.5) is 4.39 Å². The average molecular weight is 331 g/mol. The second-order valence-electron chi connectivity index (χ2n) is 5.93. The monoisotopic (exact) mass is 331 g/mol. The molecule has 3 rings (SSSR count). The molecule has 0 aliphatic heterocycles. The zero-order chi connectivity index (χ0) is 17.3. The summed E-state index contributed by atoms with van der Waals surface area (Å²) in [7, 11) is 1.36. The summed E-state index contributed by atoms with van der Waals surface area (Å²) in [5.41, 5.74) is 1.64. The quantitative estimate of drug-likeness (QED) is 0.841. The third-order valence-corrected chi connectivity index (χ3v) is 4.23. The van der Waals surface area contributed by atoms with Gasteiger partial charge in [-0.05, 0) is 44.0 Å². The minimum atomic E-state index is -0.329. The number of halogens is 1. The number of imidazole rings is 1. The minimum absolute atomic E-state index is 0.0491. The molecule has 0 unspecified atom stereocenters. The molecule has 0 saturated heterocycles. The Hall–Kier alpha value is -2.70. The van der Waals surface area contributed by atoms with E-state index in [4.69, 9.17) is 0 Å². The van der Waals surface area contributed by atoms with E-state index >= 15 is 0 Å². The van der Waals surface area contributed by atoms with E-state index in [1.165, 1.54) is 19.2 Å². The molecule has 6 nitrogen and oxygen atoms in total. The Balaban J connectivity index is 1.66. The van der Waals surface area contributed by atoms with E-state index in [9.17, 15) is 14.0 Å². The molecule has 0 radical (unpaired) electrons. The summed E-state index contributed by atoms with van der Waals surface area (Å²) < 4.78 is 17.7. The first-order chi connectivity index (χ1) is 11.5.